The van der Waals surface area contributed by atoms with E-state index < -0.39 is 0 Å². The zero-order valence-corrected chi connectivity index (χ0v) is 8.66. The molecule has 4 nitrogen and oxygen atoms in total. The molecule has 1 aliphatic rings. The van der Waals surface area contributed by atoms with E-state index in [4.69, 9.17) is 5.73 Å². The van der Waals surface area contributed by atoms with Crippen LogP contribution in [0.1, 0.15) is 13.8 Å². The fourth-order valence-corrected chi connectivity index (χ4v) is 1.99. The number of hydrogen-bond acceptors (Lipinski definition) is 3. The molecule has 1 heterocycles. The Morgan fingerprint density at radius 2 is 2.23 bits per heavy atom. The van der Waals surface area contributed by atoms with Gasteiger partial charge >= 0.3 is 0 Å². The monoisotopic (exact) mass is 185 g/mol. The normalized spacial score (nSPS) is 31.1. The molecule has 2 N–H and O–H groups in total. The second-order valence-corrected chi connectivity index (χ2v) is 3.66. The summed E-state index contributed by atoms with van der Waals surface area (Å²) in [4.78, 5) is 15.8. The van der Waals surface area contributed by atoms with Crippen molar-refractivity contribution in [1.29, 1.82) is 0 Å². The van der Waals surface area contributed by atoms with Gasteiger partial charge in [0.2, 0.25) is 5.91 Å². The molecule has 0 aromatic rings. The third-order valence-corrected chi connectivity index (χ3v) is 2.75. The minimum Gasteiger partial charge on any atom is -0.338 e. The van der Waals surface area contributed by atoms with Gasteiger partial charge in [0.1, 0.15) is 6.04 Å². The molecule has 1 fully saturated rings. The van der Waals surface area contributed by atoms with E-state index in [-0.39, 0.29) is 11.9 Å². The van der Waals surface area contributed by atoms with Gasteiger partial charge in [0.15, 0.2) is 0 Å². The Morgan fingerprint density at radius 3 is 2.69 bits per heavy atom. The van der Waals surface area contributed by atoms with Gasteiger partial charge in [0, 0.05) is 25.7 Å². The molecule has 0 bridgehead atoms. The number of nitrogens with zero attached hydrogens (tertiary/aromatic N) is 2. The lowest BCUT2D eigenvalue weighted by atomic mass is 10.1. The summed E-state index contributed by atoms with van der Waals surface area (Å²) in [6.07, 6.45) is 0. The van der Waals surface area contributed by atoms with Crippen molar-refractivity contribution in [3.8, 4) is 0 Å². The predicted molar refractivity (Wildman–Crippen MR) is 52.3 cm³/mol. The lowest BCUT2D eigenvalue weighted by molar-refractivity contribution is -0.143. The van der Waals surface area contributed by atoms with Crippen LogP contribution in [0.25, 0.3) is 0 Å². The first-order chi connectivity index (χ1) is 6.11. The highest BCUT2D eigenvalue weighted by Crippen LogP contribution is 2.13. The minimum absolute atomic E-state index is 0.115. The third-order valence-electron chi connectivity index (χ3n) is 2.75. The van der Waals surface area contributed by atoms with Crippen molar-refractivity contribution in [1.82, 2.24) is 9.80 Å². The van der Waals surface area contributed by atoms with Crippen molar-refractivity contribution in [2.75, 3.05) is 26.7 Å². The largest absolute Gasteiger partial charge is 0.338 e. The van der Waals surface area contributed by atoms with Crippen molar-refractivity contribution in [3.05, 3.63) is 0 Å². The van der Waals surface area contributed by atoms with Crippen LogP contribution in [0.15, 0.2) is 0 Å². The average molecular weight is 185 g/mol. The van der Waals surface area contributed by atoms with Crippen LogP contribution in [-0.4, -0.2) is 54.5 Å². The van der Waals surface area contributed by atoms with E-state index in [2.05, 4.69) is 6.92 Å². The molecule has 0 aromatic heterocycles. The number of carbonyl (C=O) groups is 1. The van der Waals surface area contributed by atoms with E-state index in [9.17, 15) is 4.79 Å². The lowest BCUT2D eigenvalue weighted by Gasteiger charge is -2.42. The molecular formula is C9H19N3O. The molecule has 4 heteroatoms. The maximum Gasteiger partial charge on any atom is 0.241 e. The zero-order chi connectivity index (χ0) is 10.0. The molecule has 0 spiro atoms. The first-order valence-corrected chi connectivity index (χ1v) is 4.82. The minimum atomic E-state index is -0.115. The van der Waals surface area contributed by atoms with Gasteiger partial charge in [-0.1, -0.05) is 0 Å². The van der Waals surface area contributed by atoms with Crippen LogP contribution in [0.4, 0.5) is 0 Å². The fourth-order valence-electron chi connectivity index (χ4n) is 1.99. The van der Waals surface area contributed by atoms with Crippen LogP contribution in [0.5, 0.6) is 0 Å². The van der Waals surface area contributed by atoms with Crippen LogP contribution in [-0.2, 0) is 4.79 Å². The van der Waals surface area contributed by atoms with Gasteiger partial charge in [0.25, 0.3) is 0 Å². The Kier molecular flexibility index (Phi) is 3.27. The number of carbonyl (C=O) groups excluding carboxylic acids is 1. The highest BCUT2D eigenvalue weighted by atomic mass is 16.2. The molecule has 1 rings (SSSR count). The molecule has 0 aliphatic carbocycles. The van der Waals surface area contributed by atoms with E-state index in [0.29, 0.717) is 12.6 Å². The van der Waals surface area contributed by atoms with Gasteiger partial charge in [-0.25, -0.2) is 0 Å². The van der Waals surface area contributed by atoms with E-state index >= 15 is 0 Å². The number of likely N-dealkylation sites (N-methyl/N-ethyl adjacent to an activating group) is 2. The third kappa shape index (κ3) is 1.84. The summed E-state index contributed by atoms with van der Waals surface area (Å²) in [6.45, 7) is 6.20. The van der Waals surface area contributed by atoms with Crippen molar-refractivity contribution < 1.29 is 4.79 Å². The van der Waals surface area contributed by atoms with E-state index in [1.807, 2.05) is 23.8 Å². The van der Waals surface area contributed by atoms with Gasteiger partial charge < -0.3 is 10.6 Å². The van der Waals surface area contributed by atoms with Crippen molar-refractivity contribution in [3.63, 3.8) is 0 Å². The highest BCUT2D eigenvalue weighted by molar-refractivity contribution is 5.83. The molecule has 0 aromatic carbocycles. The van der Waals surface area contributed by atoms with Crippen molar-refractivity contribution >= 4 is 5.91 Å². The molecule has 1 amide bonds. The van der Waals surface area contributed by atoms with Gasteiger partial charge in [-0.15, -0.1) is 0 Å². The standard InChI is InChI=1S/C9H19N3O/c1-4-12-7(2)6-11(3)8(5-10)9(12)13/h7-8H,4-6,10H2,1-3H3. The second kappa shape index (κ2) is 4.07. The van der Waals surface area contributed by atoms with Crippen molar-refractivity contribution in [2.24, 2.45) is 5.73 Å². The lowest BCUT2D eigenvalue weighted by Crippen LogP contribution is -2.61. The summed E-state index contributed by atoms with van der Waals surface area (Å²) in [5.74, 6) is 0.172. The van der Waals surface area contributed by atoms with Crippen LogP contribution < -0.4 is 5.73 Å². The van der Waals surface area contributed by atoms with Crippen LogP contribution in [0, 0.1) is 0 Å². The molecular weight excluding hydrogens is 166 g/mol. The van der Waals surface area contributed by atoms with E-state index in [1.54, 1.807) is 0 Å². The molecule has 1 aliphatic heterocycles. The Bertz CT molecular complexity index is 177. The van der Waals surface area contributed by atoms with Crippen molar-refractivity contribution in [2.45, 2.75) is 25.9 Å². The number of nitrogens with two attached hydrogens (primary N) is 1. The van der Waals surface area contributed by atoms with E-state index in [0.717, 1.165) is 13.1 Å². The van der Waals surface area contributed by atoms with Gasteiger partial charge in [-0.3, -0.25) is 9.69 Å². The van der Waals surface area contributed by atoms with Gasteiger partial charge in [0.05, 0.1) is 0 Å². The van der Waals surface area contributed by atoms with E-state index in [1.165, 1.54) is 0 Å². The molecule has 1 saturated heterocycles. The Labute approximate surface area is 79.7 Å². The quantitative estimate of drug-likeness (QED) is 0.631. The second-order valence-electron chi connectivity index (χ2n) is 3.66. The Morgan fingerprint density at radius 1 is 1.62 bits per heavy atom. The molecule has 76 valence electrons. The summed E-state index contributed by atoms with van der Waals surface area (Å²) < 4.78 is 0. The number of piperazine rings is 1. The molecule has 2 unspecified atom stereocenters. The summed E-state index contributed by atoms with van der Waals surface area (Å²) in [7, 11) is 1.96. The van der Waals surface area contributed by atoms with Gasteiger partial charge in [-0.2, -0.15) is 0 Å². The SMILES string of the molecule is CCN1C(=O)C(CN)N(C)CC1C. The highest BCUT2D eigenvalue weighted by Gasteiger charge is 2.34. The van der Waals surface area contributed by atoms with Crippen LogP contribution in [0.3, 0.4) is 0 Å². The molecule has 0 radical (unpaired) electrons. The number of hydrogen-bond donors (Lipinski definition) is 1. The molecule has 0 saturated carbocycles. The Hall–Kier alpha value is -0.610. The molecule has 2 atom stereocenters. The maximum atomic E-state index is 11.8. The van der Waals surface area contributed by atoms with Gasteiger partial charge in [-0.05, 0) is 20.9 Å². The fraction of sp³-hybridized carbons (Fsp3) is 0.889. The first-order valence-electron chi connectivity index (χ1n) is 4.82. The predicted octanol–water partition coefficient (Wildman–Crippen LogP) is -0.504. The number of rotatable bonds is 2. The average Bonchev–Trinajstić information content (AvgIpc) is 2.04. The first kappa shape index (κ1) is 10.5. The number of amides is 1. The summed E-state index contributed by atoms with van der Waals surface area (Å²) in [6, 6.07) is 0.196. The van der Waals surface area contributed by atoms with Crippen LogP contribution in [0.2, 0.25) is 0 Å². The summed E-state index contributed by atoms with van der Waals surface area (Å²) >= 11 is 0. The summed E-state index contributed by atoms with van der Waals surface area (Å²) in [5.41, 5.74) is 5.56. The zero-order valence-electron chi connectivity index (χ0n) is 8.66. The smallest absolute Gasteiger partial charge is 0.241 e. The van der Waals surface area contributed by atoms with Crippen LogP contribution >= 0.6 is 0 Å². The Balaban J connectivity index is 2.75. The summed E-state index contributed by atoms with van der Waals surface area (Å²) in [5, 5.41) is 0. The molecule has 13 heavy (non-hydrogen) atoms. The maximum absolute atomic E-state index is 11.8. The topological polar surface area (TPSA) is 49.6 Å².